The summed E-state index contributed by atoms with van der Waals surface area (Å²) in [5.74, 6) is 1.56. The summed E-state index contributed by atoms with van der Waals surface area (Å²) in [4.78, 5) is 6.67. The number of rotatable bonds is 5. The van der Waals surface area contributed by atoms with Gasteiger partial charge in [0, 0.05) is 45.4 Å². The quantitative estimate of drug-likeness (QED) is 0.851. The van der Waals surface area contributed by atoms with Crippen molar-refractivity contribution >= 4 is 26.3 Å². The first-order chi connectivity index (χ1) is 13.0. The fraction of sp³-hybridized carbons (Fsp3) is 0.500. The highest BCUT2D eigenvalue weighted by molar-refractivity contribution is 7.93. The van der Waals surface area contributed by atoms with E-state index in [0.29, 0.717) is 23.0 Å². The number of benzene rings is 1. The Hall–Kier alpha value is -2.33. The molecule has 2 aliphatic rings. The largest absolute Gasteiger partial charge is 0.494 e. The number of piperidine rings is 1. The minimum Gasteiger partial charge on any atom is -0.494 e. The highest BCUT2D eigenvalue weighted by Crippen LogP contribution is 2.37. The fourth-order valence-corrected chi connectivity index (χ4v) is 6.23. The van der Waals surface area contributed by atoms with Crippen molar-refractivity contribution < 1.29 is 8.95 Å². The highest BCUT2D eigenvalue weighted by Gasteiger charge is 2.35. The lowest BCUT2D eigenvalue weighted by atomic mass is 9.97. The second-order valence-corrected chi connectivity index (χ2v) is 9.96. The van der Waals surface area contributed by atoms with Crippen molar-refractivity contribution in [2.45, 2.75) is 30.9 Å². The van der Waals surface area contributed by atoms with E-state index in [-0.39, 0.29) is 5.25 Å². The Morgan fingerprint density at radius 3 is 2.70 bits per heavy atom. The van der Waals surface area contributed by atoms with Crippen LogP contribution in [0.4, 0.5) is 5.69 Å². The standard InChI is InChI=1S/C20H24N4O2S/c1-26-18-4-2-3-17-19(18)23-12-15(11-21)20(17)24-9-7-14(8-10-24)13-27(22,25)16-5-6-16/h2-4,12,14,16,22H,5-10,13H2,1H3. The number of nitrogens with one attached hydrogen (secondary N) is 1. The van der Waals surface area contributed by atoms with Crippen LogP contribution in [-0.2, 0) is 9.73 Å². The lowest BCUT2D eigenvalue weighted by molar-refractivity contribution is 0.419. The number of nitriles is 1. The third-order valence-corrected chi connectivity index (χ3v) is 8.16. The molecule has 1 atom stereocenters. The van der Waals surface area contributed by atoms with Crippen LogP contribution in [0.5, 0.6) is 5.75 Å². The molecule has 0 spiro atoms. The van der Waals surface area contributed by atoms with Gasteiger partial charge in [-0.15, -0.1) is 0 Å². The normalized spacial score (nSPS) is 20.2. The number of para-hydroxylation sites is 1. The Morgan fingerprint density at radius 1 is 1.33 bits per heavy atom. The van der Waals surface area contributed by atoms with Crippen molar-refractivity contribution in [3.63, 3.8) is 0 Å². The van der Waals surface area contributed by atoms with Crippen LogP contribution in [0.3, 0.4) is 0 Å². The molecule has 0 radical (unpaired) electrons. The zero-order chi connectivity index (χ0) is 19.0. The summed E-state index contributed by atoms with van der Waals surface area (Å²) < 4.78 is 26.1. The first kappa shape index (κ1) is 18.1. The molecule has 6 nitrogen and oxygen atoms in total. The first-order valence-electron chi connectivity index (χ1n) is 9.39. The van der Waals surface area contributed by atoms with E-state index in [0.717, 1.165) is 55.4 Å². The molecule has 0 bridgehead atoms. The lowest BCUT2D eigenvalue weighted by Gasteiger charge is -2.35. The van der Waals surface area contributed by atoms with E-state index in [1.807, 2.05) is 18.2 Å². The van der Waals surface area contributed by atoms with Gasteiger partial charge in [0.2, 0.25) is 0 Å². The Kier molecular flexibility index (Phi) is 4.68. The number of anilines is 1. The zero-order valence-corrected chi connectivity index (χ0v) is 16.3. The molecular weight excluding hydrogens is 360 g/mol. The third kappa shape index (κ3) is 3.46. The van der Waals surface area contributed by atoms with Gasteiger partial charge in [-0.1, -0.05) is 12.1 Å². The third-order valence-electron chi connectivity index (χ3n) is 5.65. The van der Waals surface area contributed by atoms with Crippen LogP contribution in [-0.4, -0.2) is 40.4 Å². The summed E-state index contributed by atoms with van der Waals surface area (Å²) in [6.07, 6.45) is 5.34. The Balaban J connectivity index is 1.59. The maximum atomic E-state index is 12.5. The second kappa shape index (κ2) is 7.01. The van der Waals surface area contributed by atoms with E-state index in [1.54, 1.807) is 13.3 Å². The molecule has 1 saturated heterocycles. The van der Waals surface area contributed by atoms with Gasteiger partial charge in [-0.25, -0.2) is 4.21 Å². The summed E-state index contributed by atoms with van der Waals surface area (Å²) in [6.45, 7) is 1.60. The van der Waals surface area contributed by atoms with Crippen LogP contribution in [0.2, 0.25) is 0 Å². The number of pyridine rings is 1. The van der Waals surface area contributed by atoms with Crippen molar-refractivity contribution in [1.82, 2.24) is 4.98 Å². The zero-order valence-electron chi connectivity index (χ0n) is 15.5. The van der Waals surface area contributed by atoms with Gasteiger partial charge in [0.15, 0.2) is 0 Å². The van der Waals surface area contributed by atoms with Gasteiger partial charge in [0.05, 0.1) is 18.4 Å². The maximum Gasteiger partial charge on any atom is 0.145 e. The van der Waals surface area contributed by atoms with Crippen LogP contribution < -0.4 is 9.64 Å². The Bertz CT molecular complexity index is 1000. The number of methoxy groups -OCH3 is 1. The van der Waals surface area contributed by atoms with E-state index >= 15 is 0 Å². The van der Waals surface area contributed by atoms with E-state index < -0.39 is 9.73 Å². The number of ether oxygens (including phenoxy) is 1. The Morgan fingerprint density at radius 2 is 2.07 bits per heavy atom. The molecule has 4 rings (SSSR count). The fourth-order valence-electron chi connectivity index (χ4n) is 4.03. The van der Waals surface area contributed by atoms with Gasteiger partial charge < -0.3 is 9.64 Å². The molecule has 1 aliphatic carbocycles. The van der Waals surface area contributed by atoms with Gasteiger partial charge in [0.25, 0.3) is 0 Å². The summed E-state index contributed by atoms with van der Waals surface area (Å²) in [5.41, 5.74) is 2.24. The molecule has 1 unspecified atom stereocenters. The molecule has 7 heteroatoms. The Labute approximate surface area is 160 Å². The molecule has 1 aromatic heterocycles. The van der Waals surface area contributed by atoms with E-state index in [2.05, 4.69) is 16.0 Å². The molecule has 1 aromatic carbocycles. The smallest absolute Gasteiger partial charge is 0.145 e. The van der Waals surface area contributed by atoms with Crippen molar-refractivity contribution in [2.24, 2.45) is 5.92 Å². The first-order valence-corrected chi connectivity index (χ1v) is 11.2. The minimum atomic E-state index is -2.42. The number of nitrogens with zero attached hydrogens (tertiary/aromatic N) is 3. The minimum absolute atomic E-state index is 0.136. The van der Waals surface area contributed by atoms with Crippen LogP contribution in [0.15, 0.2) is 24.4 Å². The molecule has 27 heavy (non-hydrogen) atoms. The lowest BCUT2D eigenvalue weighted by Crippen LogP contribution is -2.36. The van der Waals surface area contributed by atoms with E-state index in [4.69, 9.17) is 9.52 Å². The molecule has 2 heterocycles. The highest BCUT2D eigenvalue weighted by atomic mass is 32.2. The number of hydrogen-bond donors (Lipinski definition) is 1. The predicted molar refractivity (Wildman–Crippen MR) is 107 cm³/mol. The number of fused-ring (bicyclic) bond motifs is 1. The van der Waals surface area contributed by atoms with E-state index in [9.17, 15) is 9.47 Å². The molecule has 2 fully saturated rings. The van der Waals surface area contributed by atoms with Gasteiger partial charge in [-0.05, 0) is 37.7 Å². The van der Waals surface area contributed by atoms with Crippen molar-refractivity contribution in [1.29, 1.82) is 10.0 Å². The predicted octanol–water partition coefficient (Wildman–Crippen LogP) is 3.54. The van der Waals surface area contributed by atoms with Crippen molar-refractivity contribution in [3.05, 3.63) is 30.0 Å². The van der Waals surface area contributed by atoms with Gasteiger partial charge in [-0.2, -0.15) is 5.26 Å². The van der Waals surface area contributed by atoms with Gasteiger partial charge in [0.1, 0.15) is 17.3 Å². The van der Waals surface area contributed by atoms with Crippen LogP contribution in [0.25, 0.3) is 10.9 Å². The molecule has 142 valence electrons. The molecule has 1 saturated carbocycles. The summed E-state index contributed by atoms with van der Waals surface area (Å²) in [7, 11) is -0.800. The molecule has 1 N–H and O–H groups in total. The topological polar surface area (TPSA) is 90.1 Å². The van der Waals surface area contributed by atoms with Gasteiger partial charge in [-0.3, -0.25) is 9.76 Å². The van der Waals surface area contributed by atoms with Crippen molar-refractivity contribution in [3.8, 4) is 11.8 Å². The monoisotopic (exact) mass is 384 g/mol. The molecule has 2 aromatic rings. The van der Waals surface area contributed by atoms with Crippen molar-refractivity contribution in [2.75, 3.05) is 30.9 Å². The summed E-state index contributed by atoms with van der Waals surface area (Å²) in [6, 6.07) is 8.05. The average molecular weight is 385 g/mol. The number of hydrogen-bond acceptors (Lipinski definition) is 6. The summed E-state index contributed by atoms with van der Waals surface area (Å²) >= 11 is 0. The average Bonchev–Trinajstić information content (AvgIpc) is 3.53. The summed E-state index contributed by atoms with van der Waals surface area (Å²) in [5, 5.41) is 10.7. The molecule has 0 amide bonds. The SMILES string of the molecule is COc1cccc2c(N3CCC(CS(=N)(=O)C4CC4)CC3)c(C#N)cnc12. The van der Waals surface area contributed by atoms with Crippen LogP contribution in [0, 0.1) is 22.0 Å². The molecular formula is C20H24N4O2S. The van der Waals surface area contributed by atoms with Gasteiger partial charge >= 0.3 is 0 Å². The molecule has 1 aliphatic heterocycles. The van der Waals surface area contributed by atoms with Crippen LogP contribution >= 0.6 is 0 Å². The van der Waals surface area contributed by atoms with Crippen LogP contribution in [0.1, 0.15) is 31.2 Å². The second-order valence-electron chi connectivity index (χ2n) is 7.51. The maximum absolute atomic E-state index is 12.5. The number of aromatic nitrogens is 1. The van der Waals surface area contributed by atoms with E-state index in [1.165, 1.54) is 0 Å².